The van der Waals surface area contributed by atoms with E-state index in [4.69, 9.17) is 0 Å². The number of aromatic nitrogens is 5. The summed E-state index contributed by atoms with van der Waals surface area (Å²) in [6.45, 7) is 0.637. The molecule has 1 amide bonds. The van der Waals surface area contributed by atoms with Crippen LogP contribution in [0.25, 0.3) is 5.65 Å². The summed E-state index contributed by atoms with van der Waals surface area (Å²) < 4.78 is 1.58. The van der Waals surface area contributed by atoms with E-state index >= 15 is 0 Å². The summed E-state index contributed by atoms with van der Waals surface area (Å²) >= 11 is 0. The molecule has 4 rings (SSSR count). The Morgan fingerprint density at radius 2 is 2.22 bits per heavy atom. The van der Waals surface area contributed by atoms with Crippen LogP contribution in [0.1, 0.15) is 34.9 Å². The Morgan fingerprint density at radius 1 is 1.30 bits per heavy atom. The Labute approximate surface area is 130 Å². The highest BCUT2D eigenvalue weighted by molar-refractivity contribution is 5.99. The lowest BCUT2D eigenvalue weighted by Gasteiger charge is -2.24. The van der Waals surface area contributed by atoms with Crippen LogP contribution in [-0.4, -0.2) is 41.9 Å². The van der Waals surface area contributed by atoms with Gasteiger partial charge >= 0.3 is 5.69 Å². The standard InChI is InChI=1S/C15H14N6O2/c22-14(10-9-18-21-8-2-5-16-13(10)21)20-7-1-3-12(20)11-4-6-17-15(23)19-11/h2,4-6,8-9,12H,1,3,7H2,(H,17,19,23)/t12-/m1/s1. The van der Waals surface area contributed by atoms with E-state index < -0.39 is 5.69 Å². The molecule has 23 heavy (non-hydrogen) atoms. The number of rotatable bonds is 2. The van der Waals surface area contributed by atoms with Gasteiger partial charge in [0.15, 0.2) is 5.65 Å². The lowest BCUT2D eigenvalue weighted by atomic mass is 10.1. The fraction of sp³-hybridized carbons (Fsp3) is 0.267. The molecule has 8 heteroatoms. The molecule has 1 N–H and O–H groups in total. The summed E-state index contributed by atoms with van der Waals surface area (Å²) in [6, 6.07) is 3.34. The Bertz CT molecular complexity index is 931. The van der Waals surface area contributed by atoms with E-state index in [1.54, 1.807) is 33.9 Å². The van der Waals surface area contributed by atoms with Crippen molar-refractivity contribution >= 4 is 11.6 Å². The number of carbonyl (C=O) groups excluding carboxylic acids is 1. The van der Waals surface area contributed by atoms with Crippen LogP contribution in [0.3, 0.4) is 0 Å². The smallest absolute Gasteiger partial charge is 0.330 e. The van der Waals surface area contributed by atoms with Crippen molar-refractivity contribution < 1.29 is 4.79 Å². The van der Waals surface area contributed by atoms with E-state index in [1.165, 1.54) is 12.4 Å². The molecule has 0 radical (unpaired) electrons. The maximum Gasteiger partial charge on any atom is 0.345 e. The molecule has 0 aliphatic carbocycles. The SMILES string of the molecule is O=C(c1cnn2cccnc12)N1CCC[C@@H]1c1ccnc(=O)[nH]1. The Hall–Kier alpha value is -3.03. The van der Waals surface area contributed by atoms with Crippen molar-refractivity contribution in [2.45, 2.75) is 18.9 Å². The van der Waals surface area contributed by atoms with E-state index in [-0.39, 0.29) is 11.9 Å². The zero-order chi connectivity index (χ0) is 15.8. The highest BCUT2D eigenvalue weighted by Gasteiger charge is 2.32. The van der Waals surface area contributed by atoms with Gasteiger partial charge in [0.25, 0.3) is 5.91 Å². The first-order valence-electron chi connectivity index (χ1n) is 7.38. The molecule has 4 heterocycles. The molecular formula is C15H14N6O2. The van der Waals surface area contributed by atoms with Gasteiger partial charge in [0.05, 0.1) is 12.2 Å². The van der Waals surface area contributed by atoms with Gasteiger partial charge in [0.2, 0.25) is 0 Å². The van der Waals surface area contributed by atoms with Crippen molar-refractivity contribution in [3.63, 3.8) is 0 Å². The third kappa shape index (κ3) is 2.28. The third-order valence-electron chi connectivity index (χ3n) is 4.08. The number of nitrogens with zero attached hydrogens (tertiary/aromatic N) is 5. The number of aromatic amines is 1. The molecule has 1 fully saturated rings. The molecule has 3 aromatic rings. The molecule has 1 atom stereocenters. The van der Waals surface area contributed by atoms with Crippen molar-refractivity contribution in [3.05, 3.63) is 58.7 Å². The van der Waals surface area contributed by atoms with Crippen LogP contribution in [0.5, 0.6) is 0 Å². The van der Waals surface area contributed by atoms with E-state index in [9.17, 15) is 9.59 Å². The predicted molar refractivity (Wildman–Crippen MR) is 80.9 cm³/mol. The first-order valence-corrected chi connectivity index (χ1v) is 7.38. The zero-order valence-corrected chi connectivity index (χ0v) is 12.2. The lowest BCUT2D eigenvalue weighted by Crippen LogP contribution is -2.32. The largest absolute Gasteiger partial charge is 0.345 e. The highest BCUT2D eigenvalue weighted by atomic mass is 16.2. The summed E-state index contributed by atoms with van der Waals surface area (Å²) in [4.78, 5) is 36.7. The van der Waals surface area contributed by atoms with Crippen LogP contribution in [0.4, 0.5) is 0 Å². The monoisotopic (exact) mass is 310 g/mol. The van der Waals surface area contributed by atoms with Crippen LogP contribution in [0, 0.1) is 0 Å². The Morgan fingerprint density at radius 3 is 3.09 bits per heavy atom. The summed E-state index contributed by atoms with van der Waals surface area (Å²) in [5, 5.41) is 4.16. The van der Waals surface area contributed by atoms with Crippen LogP contribution in [-0.2, 0) is 0 Å². The minimum Gasteiger partial charge on any atom is -0.330 e. The second kappa shape index (κ2) is 5.31. The first kappa shape index (κ1) is 13.6. The van der Waals surface area contributed by atoms with Gasteiger partial charge in [-0.2, -0.15) is 5.10 Å². The highest BCUT2D eigenvalue weighted by Crippen LogP contribution is 2.31. The van der Waals surface area contributed by atoms with Crippen LogP contribution >= 0.6 is 0 Å². The van der Waals surface area contributed by atoms with Crippen LogP contribution in [0.2, 0.25) is 0 Å². The van der Waals surface area contributed by atoms with Gasteiger partial charge in [-0.25, -0.2) is 19.3 Å². The predicted octanol–water partition coefficient (Wildman–Crippen LogP) is 0.790. The zero-order valence-electron chi connectivity index (χ0n) is 12.2. The van der Waals surface area contributed by atoms with E-state index in [2.05, 4.69) is 20.1 Å². The van der Waals surface area contributed by atoms with E-state index in [1.807, 2.05) is 0 Å². The molecular weight excluding hydrogens is 296 g/mol. The number of likely N-dealkylation sites (tertiary alicyclic amines) is 1. The van der Waals surface area contributed by atoms with Gasteiger partial charge in [-0.15, -0.1) is 0 Å². The number of nitrogens with one attached hydrogen (secondary N) is 1. The molecule has 8 nitrogen and oxygen atoms in total. The molecule has 3 aromatic heterocycles. The normalized spacial score (nSPS) is 17.7. The molecule has 0 saturated carbocycles. The van der Waals surface area contributed by atoms with Crippen LogP contribution in [0.15, 0.2) is 41.7 Å². The number of carbonyl (C=O) groups is 1. The number of hydrogen-bond donors (Lipinski definition) is 1. The second-order valence-corrected chi connectivity index (χ2v) is 5.43. The maximum atomic E-state index is 12.9. The van der Waals surface area contributed by atoms with Gasteiger partial charge in [-0.05, 0) is 25.0 Å². The minimum atomic E-state index is -0.403. The molecule has 0 bridgehead atoms. The van der Waals surface area contributed by atoms with Gasteiger partial charge in [0, 0.05) is 30.8 Å². The van der Waals surface area contributed by atoms with Gasteiger partial charge < -0.3 is 9.88 Å². The Balaban J connectivity index is 1.71. The first-order chi connectivity index (χ1) is 11.2. The molecule has 1 aliphatic rings. The van der Waals surface area contributed by atoms with Crippen molar-refractivity contribution in [2.75, 3.05) is 6.54 Å². The Kier molecular flexibility index (Phi) is 3.14. The molecule has 116 valence electrons. The summed E-state index contributed by atoms with van der Waals surface area (Å²) in [7, 11) is 0. The molecule has 1 aliphatic heterocycles. The topological polar surface area (TPSA) is 96.2 Å². The molecule has 0 spiro atoms. The van der Waals surface area contributed by atoms with Crippen molar-refractivity contribution in [1.29, 1.82) is 0 Å². The number of H-pyrrole nitrogens is 1. The quantitative estimate of drug-likeness (QED) is 0.755. The average Bonchev–Trinajstić information content (AvgIpc) is 3.21. The summed E-state index contributed by atoms with van der Waals surface area (Å²) in [5.41, 5.74) is 1.31. The van der Waals surface area contributed by atoms with Gasteiger partial charge in [-0.1, -0.05) is 0 Å². The van der Waals surface area contributed by atoms with Gasteiger partial charge in [0.1, 0.15) is 5.56 Å². The van der Waals surface area contributed by atoms with E-state index in [0.29, 0.717) is 23.4 Å². The van der Waals surface area contributed by atoms with Crippen molar-refractivity contribution in [2.24, 2.45) is 0 Å². The minimum absolute atomic E-state index is 0.126. The lowest BCUT2D eigenvalue weighted by molar-refractivity contribution is 0.0734. The fourth-order valence-electron chi connectivity index (χ4n) is 3.04. The maximum absolute atomic E-state index is 12.9. The van der Waals surface area contributed by atoms with Crippen molar-refractivity contribution in [1.82, 2.24) is 29.5 Å². The summed E-state index contributed by atoms with van der Waals surface area (Å²) in [5.74, 6) is -0.126. The fourth-order valence-corrected chi connectivity index (χ4v) is 3.04. The third-order valence-corrected chi connectivity index (χ3v) is 4.08. The van der Waals surface area contributed by atoms with Crippen LogP contribution < -0.4 is 5.69 Å². The van der Waals surface area contributed by atoms with E-state index in [0.717, 1.165) is 12.8 Å². The second-order valence-electron chi connectivity index (χ2n) is 5.43. The average molecular weight is 310 g/mol. The van der Waals surface area contributed by atoms with Gasteiger partial charge in [-0.3, -0.25) is 4.79 Å². The number of fused-ring (bicyclic) bond motifs is 1. The summed E-state index contributed by atoms with van der Waals surface area (Å²) in [6.07, 6.45) is 8.07. The molecule has 1 saturated heterocycles. The number of amides is 1. The molecule has 0 aromatic carbocycles. The molecule has 0 unspecified atom stereocenters. The van der Waals surface area contributed by atoms with Crippen molar-refractivity contribution in [3.8, 4) is 0 Å². The number of hydrogen-bond acceptors (Lipinski definition) is 5.